The number of carboxylic acid groups (broad SMARTS) is 1. The monoisotopic (exact) mass is 394 g/mol. The summed E-state index contributed by atoms with van der Waals surface area (Å²) in [5, 5.41) is 13.2. The van der Waals surface area contributed by atoms with Crippen LogP contribution in [0.1, 0.15) is 44.0 Å². The summed E-state index contributed by atoms with van der Waals surface area (Å²) in [4.78, 5) is 11.9. The highest BCUT2D eigenvalue weighted by atomic mass is 19.1. The number of hydrogen-bond acceptors (Lipinski definition) is 2. The Morgan fingerprint density at radius 3 is 2.41 bits per heavy atom. The van der Waals surface area contributed by atoms with Crippen LogP contribution in [0.15, 0.2) is 48.5 Å². The second kappa shape index (κ2) is 9.05. The van der Waals surface area contributed by atoms with Crippen LogP contribution in [0.2, 0.25) is 0 Å². The van der Waals surface area contributed by atoms with Crippen molar-refractivity contribution >= 4 is 5.97 Å². The fourth-order valence-corrected chi connectivity index (χ4v) is 3.77. The third-order valence-electron chi connectivity index (χ3n) is 5.35. The molecule has 0 amide bonds. The first-order valence-corrected chi connectivity index (χ1v) is 9.79. The zero-order chi connectivity index (χ0) is 21.0. The van der Waals surface area contributed by atoms with Gasteiger partial charge in [0.2, 0.25) is 0 Å². The highest BCUT2D eigenvalue weighted by molar-refractivity contribution is 5.91. The van der Waals surface area contributed by atoms with Gasteiger partial charge in [0, 0.05) is 30.0 Å². The molecule has 2 aromatic carbocycles. The average Bonchev–Trinajstić information content (AvgIpc) is 2.91. The number of aromatic carboxylic acids is 1. The molecule has 0 bridgehead atoms. The number of halogens is 1. The van der Waals surface area contributed by atoms with Gasteiger partial charge in [0.15, 0.2) is 0 Å². The van der Waals surface area contributed by atoms with Gasteiger partial charge < -0.3 is 15.0 Å². The second-order valence-electron chi connectivity index (χ2n) is 7.46. The summed E-state index contributed by atoms with van der Waals surface area (Å²) in [5.41, 5.74) is 6.23. The van der Waals surface area contributed by atoms with Gasteiger partial charge in [0.25, 0.3) is 0 Å². The van der Waals surface area contributed by atoms with Crippen LogP contribution in [0.3, 0.4) is 0 Å². The van der Waals surface area contributed by atoms with Crippen molar-refractivity contribution in [3.05, 3.63) is 93.6 Å². The van der Waals surface area contributed by atoms with Gasteiger partial charge in [-0.15, -0.1) is 0 Å². The Balaban J connectivity index is 1.75. The molecule has 0 saturated carbocycles. The minimum Gasteiger partial charge on any atom is -0.478 e. The first-order valence-electron chi connectivity index (χ1n) is 9.79. The molecule has 0 radical (unpaired) electrons. The van der Waals surface area contributed by atoms with E-state index in [0.717, 1.165) is 35.5 Å². The summed E-state index contributed by atoms with van der Waals surface area (Å²) in [7, 11) is 0. The molecule has 2 N–H and O–H groups in total. The molecule has 4 nitrogen and oxygen atoms in total. The molecule has 0 spiro atoms. The van der Waals surface area contributed by atoms with Crippen molar-refractivity contribution in [2.45, 2.75) is 40.3 Å². The van der Waals surface area contributed by atoms with E-state index >= 15 is 0 Å². The highest BCUT2D eigenvalue weighted by Crippen LogP contribution is 2.24. The van der Waals surface area contributed by atoms with Gasteiger partial charge in [-0.05, 0) is 57.0 Å². The Morgan fingerprint density at radius 1 is 1.03 bits per heavy atom. The van der Waals surface area contributed by atoms with Crippen LogP contribution in [-0.4, -0.2) is 22.2 Å². The summed E-state index contributed by atoms with van der Waals surface area (Å²) in [6, 6.07) is 14.7. The molecule has 0 saturated heterocycles. The predicted octanol–water partition coefficient (Wildman–Crippen LogP) is 4.63. The first kappa shape index (κ1) is 20.8. The Hall–Kier alpha value is -2.92. The molecule has 0 fully saturated rings. The maximum atomic E-state index is 13.2. The van der Waals surface area contributed by atoms with Crippen LogP contribution in [0, 0.1) is 26.6 Å². The van der Waals surface area contributed by atoms with E-state index in [1.165, 1.54) is 23.3 Å². The number of carboxylic acids is 1. The molecular weight excluding hydrogens is 367 g/mol. The summed E-state index contributed by atoms with van der Waals surface area (Å²) in [6.07, 6.45) is 0.887. The van der Waals surface area contributed by atoms with Crippen molar-refractivity contribution in [1.29, 1.82) is 0 Å². The van der Waals surface area contributed by atoms with E-state index in [9.17, 15) is 14.3 Å². The van der Waals surface area contributed by atoms with Crippen LogP contribution in [0.5, 0.6) is 0 Å². The molecule has 5 heteroatoms. The number of aromatic nitrogens is 1. The number of hydrogen-bond donors (Lipinski definition) is 2. The highest BCUT2D eigenvalue weighted by Gasteiger charge is 2.22. The molecule has 3 rings (SSSR count). The van der Waals surface area contributed by atoms with E-state index in [1.807, 2.05) is 18.4 Å². The molecule has 0 aliphatic carbocycles. The van der Waals surface area contributed by atoms with Crippen molar-refractivity contribution in [2.75, 3.05) is 6.54 Å². The Labute approximate surface area is 171 Å². The minimum atomic E-state index is -0.918. The number of benzene rings is 2. The second-order valence-corrected chi connectivity index (χ2v) is 7.46. The molecule has 152 valence electrons. The Bertz CT molecular complexity index is 1010. The minimum absolute atomic E-state index is 0.278. The van der Waals surface area contributed by atoms with E-state index in [4.69, 9.17) is 0 Å². The molecule has 0 aliphatic rings. The van der Waals surface area contributed by atoms with Gasteiger partial charge in [-0.25, -0.2) is 9.18 Å². The molecule has 1 aromatic heterocycles. The summed E-state index contributed by atoms with van der Waals surface area (Å²) < 4.78 is 15.2. The van der Waals surface area contributed by atoms with Gasteiger partial charge in [0.05, 0.1) is 5.56 Å². The van der Waals surface area contributed by atoms with Gasteiger partial charge in [-0.2, -0.15) is 0 Å². The fourth-order valence-electron chi connectivity index (χ4n) is 3.77. The van der Waals surface area contributed by atoms with E-state index < -0.39 is 5.97 Å². The van der Waals surface area contributed by atoms with Gasteiger partial charge in [-0.3, -0.25) is 0 Å². The van der Waals surface area contributed by atoms with Crippen molar-refractivity contribution in [1.82, 2.24) is 9.88 Å². The Kier molecular flexibility index (Phi) is 6.49. The number of rotatable bonds is 8. The SMILES string of the molecule is Cc1cccc(CCNCc2c(C(=O)O)c(C)n(Cc3ccc(F)cc3)c2C)c1. The number of nitrogens with one attached hydrogen (secondary N) is 1. The van der Waals surface area contributed by atoms with E-state index in [1.54, 1.807) is 12.1 Å². The van der Waals surface area contributed by atoms with Crippen LogP contribution < -0.4 is 5.32 Å². The van der Waals surface area contributed by atoms with Gasteiger partial charge in [-0.1, -0.05) is 42.0 Å². The maximum absolute atomic E-state index is 13.2. The van der Waals surface area contributed by atoms with Crippen molar-refractivity contribution in [3.63, 3.8) is 0 Å². The van der Waals surface area contributed by atoms with E-state index in [-0.39, 0.29) is 5.82 Å². The lowest BCUT2D eigenvalue weighted by molar-refractivity contribution is 0.0694. The molecular formula is C24H27FN2O2. The summed E-state index contributed by atoms with van der Waals surface area (Å²) in [6.45, 7) is 7.63. The third-order valence-corrected chi connectivity index (χ3v) is 5.35. The van der Waals surface area contributed by atoms with E-state index in [0.29, 0.717) is 18.7 Å². The molecule has 0 atom stereocenters. The lowest BCUT2D eigenvalue weighted by atomic mass is 10.1. The third kappa shape index (κ3) is 4.93. The van der Waals surface area contributed by atoms with Crippen LogP contribution in [0.4, 0.5) is 4.39 Å². The predicted molar refractivity (Wildman–Crippen MR) is 113 cm³/mol. The number of aryl methyl sites for hydroxylation is 1. The van der Waals surface area contributed by atoms with Gasteiger partial charge >= 0.3 is 5.97 Å². The molecule has 29 heavy (non-hydrogen) atoms. The van der Waals surface area contributed by atoms with E-state index in [2.05, 4.69) is 36.5 Å². The van der Waals surface area contributed by atoms with Crippen LogP contribution in [-0.2, 0) is 19.5 Å². The zero-order valence-corrected chi connectivity index (χ0v) is 17.1. The van der Waals surface area contributed by atoms with Crippen LogP contribution in [0.25, 0.3) is 0 Å². The van der Waals surface area contributed by atoms with Crippen molar-refractivity contribution in [2.24, 2.45) is 0 Å². The van der Waals surface area contributed by atoms with Gasteiger partial charge in [0.1, 0.15) is 5.82 Å². The smallest absolute Gasteiger partial charge is 0.337 e. The molecule has 0 unspecified atom stereocenters. The molecule has 3 aromatic rings. The number of nitrogens with zero attached hydrogens (tertiary/aromatic N) is 1. The zero-order valence-electron chi connectivity index (χ0n) is 17.1. The van der Waals surface area contributed by atoms with Crippen LogP contribution >= 0.6 is 0 Å². The normalized spacial score (nSPS) is 11.0. The summed E-state index contributed by atoms with van der Waals surface area (Å²) >= 11 is 0. The lowest BCUT2D eigenvalue weighted by Gasteiger charge is -2.10. The molecule has 0 aliphatic heterocycles. The number of carbonyl (C=O) groups is 1. The largest absolute Gasteiger partial charge is 0.478 e. The lowest BCUT2D eigenvalue weighted by Crippen LogP contribution is -2.18. The topological polar surface area (TPSA) is 54.3 Å². The van der Waals surface area contributed by atoms with Crippen molar-refractivity contribution in [3.8, 4) is 0 Å². The van der Waals surface area contributed by atoms with Crippen molar-refractivity contribution < 1.29 is 14.3 Å². The average molecular weight is 394 g/mol. The quantitative estimate of drug-likeness (QED) is 0.548. The fraction of sp³-hybridized carbons (Fsp3) is 0.292. The first-order chi connectivity index (χ1) is 13.9. The maximum Gasteiger partial charge on any atom is 0.337 e. The summed E-state index contributed by atoms with van der Waals surface area (Å²) in [5.74, 6) is -1.20. The standard InChI is InChI=1S/C24H27FN2O2/c1-16-5-4-6-19(13-16)11-12-26-14-22-17(2)27(18(3)23(22)24(28)29)15-20-7-9-21(25)10-8-20/h4-10,13,26H,11-12,14-15H2,1-3H3,(H,28,29). The molecule has 1 heterocycles. The Morgan fingerprint density at radius 2 is 1.76 bits per heavy atom.